The van der Waals surface area contributed by atoms with Crippen LogP contribution < -0.4 is 5.73 Å². The van der Waals surface area contributed by atoms with Crippen LogP contribution in [0, 0.1) is 0 Å². The number of nitrogens with zero attached hydrogens (tertiary/aromatic N) is 2. The van der Waals surface area contributed by atoms with Crippen molar-refractivity contribution in [2.45, 2.75) is 13.0 Å². The summed E-state index contributed by atoms with van der Waals surface area (Å²) in [6, 6.07) is 4.02. The molecule has 2 N–H and O–H groups in total. The van der Waals surface area contributed by atoms with Gasteiger partial charge in [0, 0.05) is 31.3 Å². The van der Waals surface area contributed by atoms with Gasteiger partial charge in [0.15, 0.2) is 0 Å². The van der Waals surface area contributed by atoms with Crippen LogP contribution in [0.3, 0.4) is 0 Å². The van der Waals surface area contributed by atoms with Crippen molar-refractivity contribution in [3.05, 3.63) is 53.1 Å². The van der Waals surface area contributed by atoms with E-state index in [1.165, 1.54) is 5.56 Å². The molecule has 0 spiro atoms. The first-order valence-corrected chi connectivity index (χ1v) is 5.60. The van der Waals surface area contributed by atoms with Gasteiger partial charge in [0.25, 0.3) is 0 Å². The molecule has 0 amide bonds. The summed E-state index contributed by atoms with van der Waals surface area (Å²) in [6.45, 7) is 1.45. The standard InChI is InChI=1S/C12H14ClN3/c13-12-7-15-5-2-11(12)9-16-6-3-10(8-16)1-4-14/h2-3,5-8H,1,4,9,14H2. The maximum atomic E-state index is 6.05. The minimum Gasteiger partial charge on any atom is -0.350 e. The minimum atomic E-state index is 0.681. The fourth-order valence-corrected chi connectivity index (χ4v) is 1.81. The van der Waals surface area contributed by atoms with E-state index in [9.17, 15) is 0 Å². The molecule has 0 atom stereocenters. The first-order chi connectivity index (χ1) is 7.79. The van der Waals surface area contributed by atoms with Crippen LogP contribution in [-0.4, -0.2) is 16.1 Å². The second-order valence-electron chi connectivity index (χ2n) is 3.70. The van der Waals surface area contributed by atoms with Crippen molar-refractivity contribution < 1.29 is 0 Å². The molecule has 0 radical (unpaired) electrons. The van der Waals surface area contributed by atoms with Gasteiger partial charge in [-0.05, 0) is 36.2 Å². The zero-order chi connectivity index (χ0) is 11.4. The van der Waals surface area contributed by atoms with E-state index in [0.717, 1.165) is 18.5 Å². The van der Waals surface area contributed by atoms with Crippen LogP contribution in [0.2, 0.25) is 5.02 Å². The SMILES string of the molecule is NCCc1ccn(Cc2ccncc2Cl)c1. The molecule has 0 saturated carbocycles. The van der Waals surface area contributed by atoms with Crippen molar-refractivity contribution in [1.82, 2.24) is 9.55 Å². The summed E-state index contributed by atoms with van der Waals surface area (Å²) in [4.78, 5) is 3.96. The van der Waals surface area contributed by atoms with Crippen molar-refractivity contribution in [3.8, 4) is 0 Å². The number of halogens is 1. The lowest BCUT2D eigenvalue weighted by Crippen LogP contribution is -2.02. The molecule has 0 saturated heterocycles. The zero-order valence-electron chi connectivity index (χ0n) is 8.94. The molecule has 0 aromatic carbocycles. The molecule has 4 heteroatoms. The van der Waals surface area contributed by atoms with Crippen molar-refractivity contribution >= 4 is 11.6 Å². The number of hydrogen-bond acceptors (Lipinski definition) is 2. The Bertz CT molecular complexity index is 465. The van der Waals surface area contributed by atoms with E-state index in [2.05, 4.69) is 21.8 Å². The minimum absolute atomic E-state index is 0.681. The van der Waals surface area contributed by atoms with E-state index in [0.29, 0.717) is 11.6 Å². The Labute approximate surface area is 99.9 Å². The summed E-state index contributed by atoms with van der Waals surface area (Å²) in [6.07, 6.45) is 8.48. The zero-order valence-corrected chi connectivity index (χ0v) is 9.69. The third-order valence-corrected chi connectivity index (χ3v) is 2.79. The van der Waals surface area contributed by atoms with Crippen LogP contribution in [0.25, 0.3) is 0 Å². The molecule has 0 bridgehead atoms. The topological polar surface area (TPSA) is 43.8 Å². The van der Waals surface area contributed by atoms with Crippen LogP contribution in [0.15, 0.2) is 36.9 Å². The summed E-state index contributed by atoms with van der Waals surface area (Å²) in [5, 5.41) is 0.705. The summed E-state index contributed by atoms with van der Waals surface area (Å²) in [7, 11) is 0. The summed E-state index contributed by atoms with van der Waals surface area (Å²) in [5.74, 6) is 0. The lowest BCUT2D eigenvalue weighted by molar-refractivity contribution is 0.799. The Kier molecular flexibility index (Phi) is 3.59. The molecule has 0 fully saturated rings. The van der Waals surface area contributed by atoms with Gasteiger partial charge in [-0.2, -0.15) is 0 Å². The van der Waals surface area contributed by atoms with Crippen molar-refractivity contribution in [3.63, 3.8) is 0 Å². The number of nitrogens with two attached hydrogens (primary N) is 1. The molecule has 0 aliphatic rings. The summed E-state index contributed by atoms with van der Waals surface area (Å²) in [5.41, 5.74) is 7.84. The number of hydrogen-bond donors (Lipinski definition) is 1. The van der Waals surface area contributed by atoms with Gasteiger partial charge in [-0.1, -0.05) is 11.6 Å². The van der Waals surface area contributed by atoms with Crippen LogP contribution in [0.1, 0.15) is 11.1 Å². The third kappa shape index (κ3) is 2.62. The maximum absolute atomic E-state index is 6.05. The van der Waals surface area contributed by atoms with Gasteiger partial charge in [0.2, 0.25) is 0 Å². The molecule has 0 unspecified atom stereocenters. The van der Waals surface area contributed by atoms with Crippen molar-refractivity contribution in [2.75, 3.05) is 6.54 Å². The molecular formula is C12H14ClN3. The Morgan fingerprint density at radius 3 is 3.00 bits per heavy atom. The summed E-state index contributed by atoms with van der Waals surface area (Å²) >= 11 is 6.05. The highest BCUT2D eigenvalue weighted by Gasteiger charge is 2.01. The quantitative estimate of drug-likeness (QED) is 0.882. The molecular weight excluding hydrogens is 222 g/mol. The van der Waals surface area contributed by atoms with Crippen LogP contribution >= 0.6 is 11.6 Å². The molecule has 2 heterocycles. The van der Waals surface area contributed by atoms with Gasteiger partial charge in [0.05, 0.1) is 5.02 Å². The Balaban J connectivity index is 2.11. The number of rotatable bonds is 4. The van der Waals surface area contributed by atoms with Gasteiger partial charge in [0.1, 0.15) is 0 Å². The number of pyridine rings is 1. The first kappa shape index (κ1) is 11.2. The average Bonchev–Trinajstić information content (AvgIpc) is 2.70. The van der Waals surface area contributed by atoms with Crippen molar-refractivity contribution in [2.24, 2.45) is 5.73 Å². The smallest absolute Gasteiger partial charge is 0.0639 e. The molecule has 2 aromatic heterocycles. The molecule has 16 heavy (non-hydrogen) atoms. The van der Waals surface area contributed by atoms with Gasteiger partial charge < -0.3 is 10.3 Å². The maximum Gasteiger partial charge on any atom is 0.0639 e. The van der Waals surface area contributed by atoms with Crippen LogP contribution in [0.5, 0.6) is 0 Å². The second kappa shape index (κ2) is 5.14. The molecule has 2 aromatic rings. The molecule has 3 nitrogen and oxygen atoms in total. The average molecular weight is 236 g/mol. The largest absolute Gasteiger partial charge is 0.350 e. The number of aromatic nitrogens is 2. The van der Waals surface area contributed by atoms with E-state index in [-0.39, 0.29) is 0 Å². The van der Waals surface area contributed by atoms with Gasteiger partial charge in [-0.25, -0.2) is 0 Å². The van der Waals surface area contributed by atoms with E-state index >= 15 is 0 Å². The predicted octanol–water partition coefficient (Wildman–Crippen LogP) is 2.09. The van der Waals surface area contributed by atoms with E-state index < -0.39 is 0 Å². The Morgan fingerprint density at radius 2 is 2.25 bits per heavy atom. The Hall–Kier alpha value is -1.32. The molecule has 0 aliphatic heterocycles. The Morgan fingerprint density at radius 1 is 1.38 bits per heavy atom. The lowest BCUT2D eigenvalue weighted by atomic mass is 10.2. The second-order valence-corrected chi connectivity index (χ2v) is 4.11. The van der Waals surface area contributed by atoms with E-state index in [4.69, 9.17) is 17.3 Å². The van der Waals surface area contributed by atoms with Gasteiger partial charge in [-0.3, -0.25) is 4.98 Å². The third-order valence-electron chi connectivity index (χ3n) is 2.45. The molecule has 2 rings (SSSR count). The van der Waals surface area contributed by atoms with E-state index in [1.807, 2.05) is 12.3 Å². The predicted molar refractivity (Wildman–Crippen MR) is 65.5 cm³/mol. The normalized spacial score (nSPS) is 10.6. The highest BCUT2D eigenvalue weighted by Crippen LogP contribution is 2.15. The van der Waals surface area contributed by atoms with Crippen LogP contribution in [0.4, 0.5) is 0 Å². The lowest BCUT2D eigenvalue weighted by Gasteiger charge is -2.04. The highest BCUT2D eigenvalue weighted by molar-refractivity contribution is 6.31. The monoisotopic (exact) mass is 235 g/mol. The van der Waals surface area contributed by atoms with Crippen molar-refractivity contribution in [1.29, 1.82) is 0 Å². The highest BCUT2D eigenvalue weighted by atomic mass is 35.5. The van der Waals surface area contributed by atoms with Gasteiger partial charge in [-0.15, -0.1) is 0 Å². The van der Waals surface area contributed by atoms with E-state index in [1.54, 1.807) is 12.4 Å². The van der Waals surface area contributed by atoms with Crippen LogP contribution in [-0.2, 0) is 13.0 Å². The molecule has 84 valence electrons. The fourth-order valence-electron chi connectivity index (χ4n) is 1.63. The molecule has 0 aliphatic carbocycles. The fraction of sp³-hybridized carbons (Fsp3) is 0.250. The first-order valence-electron chi connectivity index (χ1n) is 5.22. The summed E-state index contributed by atoms with van der Waals surface area (Å²) < 4.78 is 2.10. The van der Waals surface area contributed by atoms with Gasteiger partial charge >= 0.3 is 0 Å².